The number of amides is 3. The van der Waals surface area contributed by atoms with Gasteiger partial charge < -0.3 is 26.5 Å². The largest absolute Gasteiger partial charge is 0.480 e. The van der Waals surface area contributed by atoms with E-state index in [4.69, 9.17) is 5.73 Å². The van der Waals surface area contributed by atoms with Crippen LogP contribution in [0.1, 0.15) is 30.9 Å². The van der Waals surface area contributed by atoms with Gasteiger partial charge in [0.05, 0.1) is 10.9 Å². The molecule has 3 rings (SSSR count). The Kier molecular flexibility index (Phi) is 10.6. The number of aromatic amines is 1. The zero-order valence-corrected chi connectivity index (χ0v) is 22.6. The molecule has 212 valence electrons. The standard InChI is InChI=1S/C27H31N5O7S/c1-40-14-13-20(26(37)38)30-23(34)19(11-12-22(28)33)29-24(35)21(15-16-7-3-2-4-8-16)32-25(36)17-9-5-6-10-18(17)31-27(32)39/h2-10,19-21H,11-15H2,1H3,(H2,28,33)(H,29,35)(H,30,34)(H,31,39)(H,37,38)/t19-,20-,21-/m0/s1. The van der Waals surface area contributed by atoms with E-state index in [-0.39, 0.29) is 31.1 Å². The number of hydrogen-bond acceptors (Lipinski definition) is 7. The number of para-hydroxylation sites is 1. The number of aliphatic carboxylic acids is 1. The molecular weight excluding hydrogens is 538 g/mol. The van der Waals surface area contributed by atoms with Gasteiger partial charge in [-0.05, 0) is 42.5 Å². The topological polar surface area (TPSA) is 193 Å². The van der Waals surface area contributed by atoms with E-state index in [0.29, 0.717) is 16.8 Å². The lowest BCUT2D eigenvalue weighted by Crippen LogP contribution is -2.54. The number of nitrogens with zero attached hydrogens (tertiary/aromatic N) is 1. The van der Waals surface area contributed by atoms with E-state index in [1.165, 1.54) is 17.8 Å². The van der Waals surface area contributed by atoms with Crippen LogP contribution in [0.2, 0.25) is 0 Å². The minimum atomic E-state index is -1.38. The lowest BCUT2D eigenvalue weighted by molar-refractivity contribution is -0.142. The maximum absolute atomic E-state index is 13.7. The van der Waals surface area contributed by atoms with Crippen LogP contribution in [0.15, 0.2) is 64.2 Å². The molecule has 0 aliphatic heterocycles. The second kappa shape index (κ2) is 14.1. The van der Waals surface area contributed by atoms with Crippen LogP contribution in [0, 0.1) is 0 Å². The molecule has 6 N–H and O–H groups in total. The summed E-state index contributed by atoms with van der Waals surface area (Å²) >= 11 is 1.40. The summed E-state index contributed by atoms with van der Waals surface area (Å²) in [6, 6.07) is 11.1. The highest BCUT2D eigenvalue weighted by atomic mass is 32.2. The number of primary amides is 1. The van der Waals surface area contributed by atoms with E-state index in [1.807, 2.05) is 0 Å². The third-order valence-corrected chi connectivity index (χ3v) is 6.90. The summed E-state index contributed by atoms with van der Waals surface area (Å²) in [6.07, 6.45) is 1.37. The van der Waals surface area contributed by atoms with Crippen LogP contribution in [0.25, 0.3) is 10.9 Å². The van der Waals surface area contributed by atoms with E-state index < -0.39 is 53.1 Å². The van der Waals surface area contributed by atoms with E-state index in [0.717, 1.165) is 4.57 Å². The van der Waals surface area contributed by atoms with Crippen LogP contribution < -0.4 is 27.6 Å². The second-order valence-electron chi connectivity index (χ2n) is 9.10. The Hall–Kier alpha value is -4.39. The van der Waals surface area contributed by atoms with Crippen LogP contribution in [-0.2, 0) is 25.6 Å². The van der Waals surface area contributed by atoms with Crippen LogP contribution >= 0.6 is 11.8 Å². The molecule has 13 heteroatoms. The quantitative estimate of drug-likeness (QED) is 0.186. The van der Waals surface area contributed by atoms with Gasteiger partial charge in [0.1, 0.15) is 18.1 Å². The maximum Gasteiger partial charge on any atom is 0.329 e. The molecule has 0 aliphatic rings. The molecule has 12 nitrogen and oxygen atoms in total. The second-order valence-corrected chi connectivity index (χ2v) is 10.1. The van der Waals surface area contributed by atoms with Gasteiger partial charge >= 0.3 is 11.7 Å². The Morgan fingerprint density at radius 2 is 1.60 bits per heavy atom. The minimum Gasteiger partial charge on any atom is -0.480 e. The number of carbonyl (C=O) groups excluding carboxylic acids is 3. The predicted molar refractivity (Wildman–Crippen MR) is 151 cm³/mol. The van der Waals surface area contributed by atoms with Gasteiger partial charge in [0, 0.05) is 12.8 Å². The lowest BCUT2D eigenvalue weighted by atomic mass is 10.0. The van der Waals surface area contributed by atoms with Gasteiger partial charge in [-0.2, -0.15) is 11.8 Å². The number of aromatic nitrogens is 2. The van der Waals surface area contributed by atoms with Crippen molar-refractivity contribution in [3.8, 4) is 0 Å². The van der Waals surface area contributed by atoms with Crippen LogP contribution in [-0.4, -0.2) is 62.4 Å². The van der Waals surface area contributed by atoms with Crippen molar-refractivity contribution in [3.05, 3.63) is 81.0 Å². The van der Waals surface area contributed by atoms with E-state index in [1.54, 1.807) is 54.8 Å². The zero-order chi connectivity index (χ0) is 29.2. The Labute approximate surface area is 233 Å². The number of nitrogens with two attached hydrogens (primary N) is 1. The molecule has 40 heavy (non-hydrogen) atoms. The average molecular weight is 570 g/mol. The molecule has 0 spiro atoms. The summed E-state index contributed by atoms with van der Waals surface area (Å²) < 4.78 is 0.798. The number of nitrogens with one attached hydrogen (secondary N) is 3. The molecule has 3 aromatic rings. The molecule has 0 fully saturated rings. The maximum atomic E-state index is 13.7. The average Bonchev–Trinajstić information content (AvgIpc) is 2.92. The predicted octanol–water partition coefficient (Wildman–Crippen LogP) is 0.546. The summed E-state index contributed by atoms with van der Waals surface area (Å²) in [4.78, 5) is 79.0. The lowest BCUT2D eigenvalue weighted by Gasteiger charge is -2.24. The summed E-state index contributed by atoms with van der Waals surface area (Å²) in [5.74, 6) is -3.19. The molecule has 0 saturated heterocycles. The van der Waals surface area contributed by atoms with Crippen molar-refractivity contribution in [3.63, 3.8) is 0 Å². The van der Waals surface area contributed by atoms with Gasteiger partial charge in [-0.1, -0.05) is 42.5 Å². The highest BCUT2D eigenvalue weighted by Crippen LogP contribution is 2.15. The minimum absolute atomic E-state index is 0.0658. The number of carboxylic acids is 1. The third-order valence-electron chi connectivity index (χ3n) is 6.26. The Balaban J connectivity index is 1.99. The van der Waals surface area contributed by atoms with Crippen molar-refractivity contribution >= 4 is 46.4 Å². The first-order valence-corrected chi connectivity index (χ1v) is 13.9. The fraction of sp³-hybridized carbons (Fsp3) is 0.333. The van der Waals surface area contributed by atoms with Gasteiger partial charge in [0.2, 0.25) is 17.7 Å². The Morgan fingerprint density at radius 1 is 0.950 bits per heavy atom. The fourth-order valence-electron chi connectivity index (χ4n) is 4.19. The molecule has 3 amide bonds. The Morgan fingerprint density at radius 3 is 2.25 bits per heavy atom. The number of fused-ring (bicyclic) bond motifs is 1. The molecule has 2 aromatic carbocycles. The highest BCUT2D eigenvalue weighted by Gasteiger charge is 2.31. The summed E-state index contributed by atoms with van der Waals surface area (Å²) in [5.41, 5.74) is 4.69. The van der Waals surface area contributed by atoms with Crippen molar-refractivity contribution in [1.29, 1.82) is 0 Å². The van der Waals surface area contributed by atoms with Crippen molar-refractivity contribution in [1.82, 2.24) is 20.2 Å². The molecule has 1 aromatic heterocycles. The monoisotopic (exact) mass is 569 g/mol. The molecule has 3 atom stereocenters. The molecule has 0 saturated carbocycles. The zero-order valence-electron chi connectivity index (χ0n) is 21.8. The number of benzene rings is 2. The fourth-order valence-corrected chi connectivity index (χ4v) is 4.66. The van der Waals surface area contributed by atoms with Gasteiger partial charge in [0.25, 0.3) is 5.56 Å². The van der Waals surface area contributed by atoms with Gasteiger partial charge in [-0.3, -0.25) is 19.2 Å². The van der Waals surface area contributed by atoms with Crippen molar-refractivity contribution in [2.24, 2.45) is 5.73 Å². The smallest absolute Gasteiger partial charge is 0.329 e. The van der Waals surface area contributed by atoms with Crippen LogP contribution in [0.5, 0.6) is 0 Å². The first kappa shape index (κ1) is 30.2. The number of thioether (sulfide) groups is 1. The van der Waals surface area contributed by atoms with Gasteiger partial charge in [-0.15, -0.1) is 0 Å². The van der Waals surface area contributed by atoms with Gasteiger partial charge in [-0.25, -0.2) is 14.2 Å². The van der Waals surface area contributed by atoms with Crippen molar-refractivity contribution < 1.29 is 24.3 Å². The number of H-pyrrole nitrogens is 1. The molecule has 0 radical (unpaired) electrons. The summed E-state index contributed by atoms with van der Waals surface area (Å²) in [6.45, 7) is 0. The number of carbonyl (C=O) groups is 4. The molecule has 0 aliphatic carbocycles. The van der Waals surface area contributed by atoms with Crippen molar-refractivity contribution in [2.75, 3.05) is 12.0 Å². The molecule has 1 heterocycles. The summed E-state index contributed by atoms with van der Waals surface area (Å²) in [7, 11) is 0. The highest BCUT2D eigenvalue weighted by molar-refractivity contribution is 7.98. The first-order valence-electron chi connectivity index (χ1n) is 12.5. The van der Waals surface area contributed by atoms with E-state index in [2.05, 4.69) is 15.6 Å². The van der Waals surface area contributed by atoms with Gasteiger partial charge in [0.15, 0.2) is 0 Å². The first-order chi connectivity index (χ1) is 19.1. The molecular formula is C27H31N5O7S. The Bertz CT molecular complexity index is 1490. The SMILES string of the molecule is CSCC[C@H](NC(=O)[C@H](CCC(N)=O)NC(=O)[C@H](Cc1ccccc1)n1c(=O)[nH]c2ccccc2c1=O)C(=O)O. The van der Waals surface area contributed by atoms with E-state index in [9.17, 15) is 33.9 Å². The van der Waals surface area contributed by atoms with Crippen LogP contribution in [0.4, 0.5) is 0 Å². The number of hydrogen-bond donors (Lipinski definition) is 5. The van der Waals surface area contributed by atoms with E-state index >= 15 is 0 Å². The summed E-state index contributed by atoms with van der Waals surface area (Å²) in [5, 5.41) is 14.6. The van der Waals surface area contributed by atoms with Crippen LogP contribution in [0.3, 0.4) is 0 Å². The molecule has 0 bridgehead atoms. The number of rotatable bonds is 14. The number of carboxylic acid groups (broad SMARTS) is 1. The molecule has 0 unspecified atom stereocenters. The van der Waals surface area contributed by atoms with Crippen molar-refractivity contribution in [2.45, 2.75) is 43.8 Å². The normalized spacial score (nSPS) is 13.2. The third kappa shape index (κ3) is 7.82.